The molecule has 2 aliphatic rings. The molecule has 25 heavy (non-hydrogen) atoms. The summed E-state index contributed by atoms with van der Waals surface area (Å²) in [5, 5.41) is 0. The Kier molecular flexibility index (Phi) is 6.89. The lowest BCUT2D eigenvalue weighted by atomic mass is 9.87. The molecule has 2 fully saturated rings. The summed E-state index contributed by atoms with van der Waals surface area (Å²) in [7, 11) is 1.92. The maximum atomic E-state index is 12.3. The number of piperidine rings is 1. The highest BCUT2D eigenvalue weighted by Crippen LogP contribution is 2.34. The van der Waals surface area contributed by atoms with Crippen molar-refractivity contribution in [1.82, 2.24) is 9.80 Å². The third-order valence-electron chi connectivity index (χ3n) is 5.45. The van der Waals surface area contributed by atoms with Crippen molar-refractivity contribution < 1.29 is 9.53 Å². The molecule has 0 N–H and O–H groups in total. The number of hydrogen-bond acceptors (Lipinski definition) is 3. The van der Waals surface area contributed by atoms with Gasteiger partial charge in [0.15, 0.2) is 0 Å². The minimum atomic E-state index is -0.278. The molecule has 140 valence electrons. The van der Waals surface area contributed by atoms with Crippen LogP contribution in [0, 0.1) is 5.92 Å². The molecule has 5 heteroatoms. The molecule has 1 aromatic carbocycles. The summed E-state index contributed by atoms with van der Waals surface area (Å²) in [5.41, 5.74) is 1.26. The van der Waals surface area contributed by atoms with Crippen LogP contribution in [0.15, 0.2) is 30.3 Å². The number of likely N-dealkylation sites (tertiary alicyclic amines) is 1. The molecule has 0 aliphatic carbocycles. The standard InChI is InChI=1S/C20H30N2O2.ClH/c1-16(2)18-19(23)21(3)15-20(24-18)10-13-22(14-11-20)12-9-17-7-5-4-6-8-17;/h4-8,16,18H,9-15H2,1-3H3;1H. The molecule has 1 unspecified atom stereocenters. The van der Waals surface area contributed by atoms with E-state index < -0.39 is 0 Å². The molecule has 4 nitrogen and oxygen atoms in total. The summed E-state index contributed by atoms with van der Waals surface area (Å²) in [6, 6.07) is 10.7. The summed E-state index contributed by atoms with van der Waals surface area (Å²) in [5.74, 6) is 0.371. The van der Waals surface area contributed by atoms with Crippen LogP contribution < -0.4 is 0 Å². The van der Waals surface area contributed by atoms with E-state index in [1.807, 2.05) is 11.9 Å². The quantitative estimate of drug-likeness (QED) is 0.821. The van der Waals surface area contributed by atoms with E-state index in [0.29, 0.717) is 0 Å². The third-order valence-corrected chi connectivity index (χ3v) is 5.45. The molecule has 0 aromatic heterocycles. The largest absolute Gasteiger partial charge is 0.360 e. The molecule has 1 spiro atoms. The van der Waals surface area contributed by atoms with Gasteiger partial charge in [-0.3, -0.25) is 4.79 Å². The summed E-state index contributed by atoms with van der Waals surface area (Å²) in [4.78, 5) is 16.7. The molecule has 0 saturated carbocycles. The Bertz CT molecular complexity index is 556. The number of rotatable bonds is 4. The van der Waals surface area contributed by atoms with Gasteiger partial charge in [-0.2, -0.15) is 0 Å². The highest BCUT2D eigenvalue weighted by atomic mass is 35.5. The fourth-order valence-corrected chi connectivity index (χ4v) is 3.90. The summed E-state index contributed by atoms with van der Waals surface area (Å²) >= 11 is 0. The second-order valence-electron chi connectivity index (χ2n) is 7.74. The van der Waals surface area contributed by atoms with Crippen molar-refractivity contribution in [3.8, 4) is 0 Å². The van der Waals surface area contributed by atoms with Gasteiger partial charge >= 0.3 is 0 Å². The van der Waals surface area contributed by atoms with Crippen molar-refractivity contribution in [2.45, 2.75) is 44.8 Å². The van der Waals surface area contributed by atoms with Crippen LogP contribution in [0.25, 0.3) is 0 Å². The Balaban J connectivity index is 0.00000225. The fourth-order valence-electron chi connectivity index (χ4n) is 3.90. The van der Waals surface area contributed by atoms with Crippen LogP contribution in [-0.4, -0.2) is 60.6 Å². The van der Waals surface area contributed by atoms with E-state index in [4.69, 9.17) is 4.74 Å². The molecule has 2 heterocycles. The van der Waals surface area contributed by atoms with Crippen LogP contribution in [0.3, 0.4) is 0 Å². The minimum absolute atomic E-state index is 0. The number of morpholine rings is 1. The Labute approximate surface area is 157 Å². The lowest BCUT2D eigenvalue weighted by Crippen LogP contribution is -2.62. The molecule has 3 rings (SSSR count). The molecular weight excluding hydrogens is 336 g/mol. The lowest BCUT2D eigenvalue weighted by molar-refractivity contribution is -0.197. The highest BCUT2D eigenvalue weighted by molar-refractivity contribution is 5.85. The van der Waals surface area contributed by atoms with Crippen LogP contribution in [-0.2, 0) is 16.0 Å². The van der Waals surface area contributed by atoms with Gasteiger partial charge in [0.2, 0.25) is 0 Å². The summed E-state index contributed by atoms with van der Waals surface area (Å²) < 4.78 is 6.35. The Morgan fingerprint density at radius 2 is 1.84 bits per heavy atom. The van der Waals surface area contributed by atoms with Crippen LogP contribution in [0.2, 0.25) is 0 Å². The van der Waals surface area contributed by atoms with Gasteiger partial charge in [-0.25, -0.2) is 0 Å². The molecule has 0 radical (unpaired) electrons. The van der Waals surface area contributed by atoms with E-state index in [1.165, 1.54) is 5.56 Å². The number of likely N-dealkylation sites (N-methyl/N-ethyl adjacent to an activating group) is 1. The van der Waals surface area contributed by atoms with E-state index in [0.717, 1.165) is 45.4 Å². The molecule has 1 aromatic rings. The monoisotopic (exact) mass is 366 g/mol. The second kappa shape index (κ2) is 8.52. The van der Waals surface area contributed by atoms with E-state index in [9.17, 15) is 4.79 Å². The summed E-state index contributed by atoms with van der Waals surface area (Å²) in [6.45, 7) is 8.10. The smallest absolute Gasteiger partial charge is 0.251 e. The van der Waals surface area contributed by atoms with Gasteiger partial charge in [-0.1, -0.05) is 44.2 Å². The summed E-state index contributed by atoms with van der Waals surface area (Å²) in [6.07, 6.45) is 2.85. The van der Waals surface area contributed by atoms with Gasteiger partial charge in [0.05, 0.1) is 5.60 Å². The van der Waals surface area contributed by atoms with Gasteiger partial charge in [-0.05, 0) is 30.7 Å². The first-order valence-corrected chi connectivity index (χ1v) is 9.18. The molecule has 2 saturated heterocycles. The second-order valence-corrected chi connectivity index (χ2v) is 7.74. The third kappa shape index (κ3) is 4.75. The van der Waals surface area contributed by atoms with E-state index in [2.05, 4.69) is 49.1 Å². The number of amides is 1. The van der Waals surface area contributed by atoms with Gasteiger partial charge in [-0.15, -0.1) is 12.4 Å². The van der Waals surface area contributed by atoms with Gasteiger partial charge in [0.1, 0.15) is 6.10 Å². The normalized spacial score (nSPS) is 23.8. The maximum absolute atomic E-state index is 12.3. The Hall–Kier alpha value is -1.10. The van der Waals surface area contributed by atoms with Crippen molar-refractivity contribution in [3.63, 3.8) is 0 Å². The number of hydrogen-bond donors (Lipinski definition) is 0. The van der Waals surface area contributed by atoms with Gasteiger partial charge in [0.25, 0.3) is 5.91 Å². The molecular formula is C20H31ClN2O2. The first-order chi connectivity index (χ1) is 11.5. The first kappa shape index (κ1) is 20.2. The zero-order chi connectivity index (χ0) is 17.2. The Morgan fingerprint density at radius 1 is 1.20 bits per heavy atom. The fraction of sp³-hybridized carbons (Fsp3) is 0.650. The Morgan fingerprint density at radius 3 is 2.44 bits per heavy atom. The SMILES string of the molecule is CC(C)C1OC2(CCN(CCc3ccccc3)CC2)CN(C)C1=O.Cl. The maximum Gasteiger partial charge on any atom is 0.251 e. The van der Waals surface area contributed by atoms with E-state index >= 15 is 0 Å². The predicted octanol–water partition coefficient (Wildman–Crippen LogP) is 3.00. The molecule has 2 aliphatic heterocycles. The zero-order valence-electron chi connectivity index (χ0n) is 15.6. The van der Waals surface area contributed by atoms with Crippen LogP contribution >= 0.6 is 12.4 Å². The van der Waals surface area contributed by atoms with Crippen molar-refractivity contribution in [3.05, 3.63) is 35.9 Å². The average molecular weight is 367 g/mol. The van der Waals surface area contributed by atoms with Crippen molar-refractivity contribution >= 4 is 18.3 Å². The number of carbonyl (C=O) groups excluding carboxylic acids is 1. The van der Waals surface area contributed by atoms with E-state index in [-0.39, 0.29) is 35.9 Å². The van der Waals surface area contributed by atoms with Gasteiger partial charge < -0.3 is 14.5 Å². The minimum Gasteiger partial charge on any atom is -0.360 e. The van der Waals surface area contributed by atoms with Crippen molar-refractivity contribution in [2.24, 2.45) is 5.92 Å². The average Bonchev–Trinajstić information content (AvgIpc) is 2.58. The van der Waals surface area contributed by atoms with Crippen LogP contribution in [0.5, 0.6) is 0 Å². The number of carbonyl (C=O) groups is 1. The highest BCUT2D eigenvalue weighted by Gasteiger charge is 2.46. The van der Waals surface area contributed by atoms with Gasteiger partial charge in [0, 0.05) is 33.2 Å². The first-order valence-electron chi connectivity index (χ1n) is 9.18. The lowest BCUT2D eigenvalue weighted by Gasteiger charge is -2.49. The number of ether oxygens (including phenoxy) is 1. The van der Waals surface area contributed by atoms with Crippen molar-refractivity contribution in [1.29, 1.82) is 0 Å². The topological polar surface area (TPSA) is 32.8 Å². The molecule has 1 amide bonds. The molecule has 1 atom stereocenters. The van der Waals surface area contributed by atoms with E-state index in [1.54, 1.807) is 0 Å². The van der Waals surface area contributed by atoms with Crippen LogP contribution in [0.1, 0.15) is 32.3 Å². The number of halogens is 1. The predicted molar refractivity (Wildman–Crippen MR) is 103 cm³/mol. The van der Waals surface area contributed by atoms with Crippen LogP contribution in [0.4, 0.5) is 0 Å². The van der Waals surface area contributed by atoms with Crippen molar-refractivity contribution in [2.75, 3.05) is 33.2 Å². The number of benzene rings is 1. The zero-order valence-corrected chi connectivity index (χ0v) is 16.4. The number of nitrogens with zero attached hydrogens (tertiary/aromatic N) is 2. The molecule has 0 bridgehead atoms.